The van der Waals surface area contributed by atoms with Crippen LogP contribution in [0.15, 0.2) is 64.3 Å². The average Bonchev–Trinajstić information content (AvgIpc) is 3.17. The van der Waals surface area contributed by atoms with Gasteiger partial charge in [0.05, 0.1) is 16.3 Å². The van der Waals surface area contributed by atoms with Gasteiger partial charge < -0.3 is 5.32 Å². The van der Waals surface area contributed by atoms with E-state index in [1.807, 2.05) is 49.4 Å². The number of thioether (sulfide) groups is 1. The van der Waals surface area contributed by atoms with Crippen molar-refractivity contribution in [1.82, 2.24) is 14.3 Å². The van der Waals surface area contributed by atoms with Gasteiger partial charge in [-0.2, -0.15) is 0 Å². The first kappa shape index (κ1) is 22.3. The van der Waals surface area contributed by atoms with E-state index in [2.05, 4.69) is 5.32 Å². The van der Waals surface area contributed by atoms with Gasteiger partial charge in [0.1, 0.15) is 12.2 Å². The minimum absolute atomic E-state index is 0.105. The Labute approximate surface area is 194 Å². The van der Waals surface area contributed by atoms with Crippen molar-refractivity contribution in [2.45, 2.75) is 13.8 Å². The first-order valence-corrected chi connectivity index (χ1v) is 11.0. The van der Waals surface area contributed by atoms with Gasteiger partial charge in [0.25, 0.3) is 16.7 Å². The zero-order valence-corrected chi connectivity index (χ0v) is 19.2. The predicted octanol–water partition coefficient (Wildman–Crippen LogP) is 3.47. The number of aryl methyl sites for hydroxylation is 1. The molecule has 1 N–H and O–H groups in total. The van der Waals surface area contributed by atoms with Crippen LogP contribution in [0.2, 0.25) is 0 Å². The summed E-state index contributed by atoms with van der Waals surface area (Å²) in [5.74, 6) is -1.16. The Morgan fingerprint density at radius 1 is 1.00 bits per heavy atom. The predicted molar refractivity (Wildman–Crippen MR) is 128 cm³/mol. The molecule has 168 valence electrons. The van der Waals surface area contributed by atoms with Crippen molar-refractivity contribution in [2.75, 3.05) is 11.9 Å². The molecule has 0 saturated carbocycles. The molecule has 3 amide bonds. The summed E-state index contributed by atoms with van der Waals surface area (Å²) in [6, 6.07) is 16.6. The number of carbonyl (C=O) groups excluding carboxylic acids is 3. The third kappa shape index (κ3) is 4.40. The molecule has 0 atom stereocenters. The molecule has 3 aromatic rings. The fourth-order valence-corrected chi connectivity index (χ4v) is 4.32. The van der Waals surface area contributed by atoms with Gasteiger partial charge in [-0.3, -0.25) is 28.8 Å². The number of rotatable bonds is 5. The number of hydrogen-bond donors (Lipinski definition) is 1. The van der Waals surface area contributed by atoms with E-state index >= 15 is 0 Å². The number of nitrogens with one attached hydrogen (secondary N) is 1. The lowest BCUT2D eigenvalue weighted by Crippen LogP contribution is -2.37. The van der Waals surface area contributed by atoms with Gasteiger partial charge in [-0.1, -0.05) is 48.0 Å². The SMILES string of the molecule is Cc1ccc(/C=C2\SC(=O)N(CC(=O)Nc3c(C)n(C)n(-c4ccccc4)c3=O)C2=O)cc1. The zero-order chi connectivity index (χ0) is 23.7. The van der Waals surface area contributed by atoms with Gasteiger partial charge in [-0.05, 0) is 49.4 Å². The molecular formula is C24H22N4O4S. The molecule has 1 aliphatic heterocycles. The molecule has 4 rings (SSSR count). The Bertz CT molecular complexity index is 1340. The minimum atomic E-state index is -0.625. The van der Waals surface area contributed by atoms with Gasteiger partial charge in [-0.15, -0.1) is 0 Å². The smallest absolute Gasteiger partial charge is 0.295 e. The largest absolute Gasteiger partial charge is 0.318 e. The fraction of sp³-hybridized carbons (Fsp3) is 0.167. The fourth-order valence-electron chi connectivity index (χ4n) is 3.49. The summed E-state index contributed by atoms with van der Waals surface area (Å²) in [6.45, 7) is 3.19. The average molecular weight is 463 g/mol. The number of nitrogens with zero attached hydrogens (tertiary/aromatic N) is 3. The van der Waals surface area contributed by atoms with Gasteiger partial charge >= 0.3 is 0 Å². The van der Waals surface area contributed by atoms with Crippen molar-refractivity contribution >= 4 is 40.6 Å². The second-order valence-corrected chi connectivity index (χ2v) is 8.66. The van der Waals surface area contributed by atoms with Crippen LogP contribution in [-0.2, 0) is 16.6 Å². The molecule has 1 aliphatic rings. The Hall–Kier alpha value is -3.85. The number of aromatic nitrogens is 2. The van der Waals surface area contributed by atoms with E-state index in [4.69, 9.17) is 0 Å². The monoisotopic (exact) mass is 462 g/mol. The number of imide groups is 1. The second-order valence-electron chi connectivity index (χ2n) is 7.66. The van der Waals surface area contributed by atoms with Gasteiger partial charge in [0.2, 0.25) is 5.91 Å². The van der Waals surface area contributed by atoms with Crippen molar-refractivity contribution in [3.05, 3.63) is 86.7 Å². The molecule has 8 nitrogen and oxygen atoms in total. The first-order valence-electron chi connectivity index (χ1n) is 10.2. The first-order chi connectivity index (χ1) is 15.8. The van der Waals surface area contributed by atoms with Crippen molar-refractivity contribution in [2.24, 2.45) is 7.05 Å². The normalized spacial score (nSPS) is 14.9. The van der Waals surface area contributed by atoms with Crippen LogP contribution in [0.3, 0.4) is 0 Å². The number of carbonyl (C=O) groups is 3. The van der Waals surface area contributed by atoms with Crippen LogP contribution in [0.4, 0.5) is 10.5 Å². The summed E-state index contributed by atoms with van der Waals surface area (Å²) in [5.41, 5.74) is 2.78. The second kappa shape index (κ2) is 8.95. The topological polar surface area (TPSA) is 93.4 Å². The van der Waals surface area contributed by atoms with Crippen molar-refractivity contribution in [1.29, 1.82) is 0 Å². The molecule has 1 fully saturated rings. The molecule has 33 heavy (non-hydrogen) atoms. The molecule has 0 radical (unpaired) electrons. The highest BCUT2D eigenvalue weighted by Gasteiger charge is 2.36. The molecule has 0 spiro atoms. The summed E-state index contributed by atoms with van der Waals surface area (Å²) >= 11 is 0.788. The number of hydrogen-bond acceptors (Lipinski definition) is 5. The Balaban J connectivity index is 1.52. The Kier molecular flexibility index (Phi) is 6.06. The van der Waals surface area contributed by atoms with Crippen LogP contribution >= 0.6 is 11.8 Å². The summed E-state index contributed by atoms with van der Waals surface area (Å²) in [7, 11) is 1.71. The van der Waals surface area contributed by atoms with Crippen molar-refractivity contribution < 1.29 is 14.4 Å². The highest BCUT2D eigenvalue weighted by atomic mass is 32.2. The maximum atomic E-state index is 13.0. The van der Waals surface area contributed by atoms with Crippen LogP contribution in [0.5, 0.6) is 0 Å². The van der Waals surface area contributed by atoms with Crippen LogP contribution in [0.25, 0.3) is 11.8 Å². The number of anilines is 1. The number of benzene rings is 2. The molecule has 0 unspecified atom stereocenters. The maximum Gasteiger partial charge on any atom is 0.295 e. The van der Waals surface area contributed by atoms with E-state index in [0.717, 1.165) is 27.8 Å². The van der Waals surface area contributed by atoms with Gasteiger partial charge in [0, 0.05) is 7.05 Å². The van der Waals surface area contributed by atoms with E-state index in [1.165, 1.54) is 4.68 Å². The lowest BCUT2D eigenvalue weighted by atomic mass is 10.1. The molecule has 1 saturated heterocycles. The molecular weight excluding hydrogens is 440 g/mol. The standard InChI is InChI=1S/C24H22N4O4S/c1-15-9-11-17(12-10-15)13-19-22(30)27(24(32)33-19)14-20(29)25-21-16(2)26(3)28(23(21)31)18-7-5-4-6-8-18/h4-13H,14H2,1-3H3,(H,25,29)/b19-13-. The molecule has 2 heterocycles. The Morgan fingerprint density at radius 2 is 1.67 bits per heavy atom. The third-order valence-electron chi connectivity index (χ3n) is 5.37. The van der Waals surface area contributed by atoms with E-state index in [-0.39, 0.29) is 10.6 Å². The van der Waals surface area contributed by atoms with E-state index < -0.39 is 29.2 Å². The van der Waals surface area contributed by atoms with Crippen molar-refractivity contribution in [3.63, 3.8) is 0 Å². The molecule has 0 aliphatic carbocycles. The van der Waals surface area contributed by atoms with Crippen LogP contribution < -0.4 is 10.9 Å². The third-order valence-corrected chi connectivity index (χ3v) is 6.28. The maximum absolute atomic E-state index is 13.0. The van der Waals surface area contributed by atoms with E-state index in [1.54, 1.807) is 36.9 Å². The molecule has 2 aromatic carbocycles. The Morgan fingerprint density at radius 3 is 2.33 bits per heavy atom. The van der Waals surface area contributed by atoms with E-state index in [9.17, 15) is 19.2 Å². The van der Waals surface area contributed by atoms with E-state index in [0.29, 0.717) is 11.4 Å². The van der Waals surface area contributed by atoms with Crippen LogP contribution in [0, 0.1) is 13.8 Å². The highest BCUT2D eigenvalue weighted by Crippen LogP contribution is 2.32. The quantitative estimate of drug-likeness (QED) is 0.586. The highest BCUT2D eigenvalue weighted by molar-refractivity contribution is 8.18. The molecule has 0 bridgehead atoms. The summed E-state index contributed by atoms with van der Waals surface area (Å²) in [4.78, 5) is 51.9. The summed E-state index contributed by atoms with van der Waals surface area (Å²) in [6.07, 6.45) is 1.63. The zero-order valence-electron chi connectivity index (χ0n) is 18.4. The summed E-state index contributed by atoms with van der Waals surface area (Å²) < 4.78 is 3.08. The lowest BCUT2D eigenvalue weighted by Gasteiger charge is -2.11. The molecule has 9 heteroatoms. The molecule has 1 aromatic heterocycles. The lowest BCUT2D eigenvalue weighted by molar-refractivity contribution is -0.127. The van der Waals surface area contributed by atoms with Gasteiger partial charge in [-0.25, -0.2) is 4.68 Å². The minimum Gasteiger partial charge on any atom is -0.318 e. The van der Waals surface area contributed by atoms with Gasteiger partial charge in [0.15, 0.2) is 0 Å². The van der Waals surface area contributed by atoms with Crippen LogP contribution in [-0.4, -0.2) is 37.9 Å². The number of amides is 3. The van der Waals surface area contributed by atoms with Crippen molar-refractivity contribution in [3.8, 4) is 5.69 Å². The van der Waals surface area contributed by atoms with Crippen LogP contribution in [0.1, 0.15) is 16.8 Å². The summed E-state index contributed by atoms with van der Waals surface area (Å²) in [5, 5.41) is 2.05. The number of para-hydroxylation sites is 1.